The number of nitrogens with zero attached hydrogens (tertiary/aromatic N) is 1. The molecule has 0 saturated heterocycles. The van der Waals surface area contributed by atoms with Crippen molar-refractivity contribution < 1.29 is 17.6 Å². The molecule has 1 aromatic heterocycles. The van der Waals surface area contributed by atoms with Gasteiger partial charge in [0.25, 0.3) is 0 Å². The van der Waals surface area contributed by atoms with Crippen LogP contribution in [0.25, 0.3) is 10.9 Å². The Morgan fingerprint density at radius 3 is 2.44 bits per heavy atom. The van der Waals surface area contributed by atoms with Gasteiger partial charge in [-0.3, -0.25) is 4.98 Å². The molecule has 0 spiro atoms. The van der Waals surface area contributed by atoms with Gasteiger partial charge in [0.2, 0.25) is 0 Å². The molecule has 0 fully saturated rings. The first kappa shape index (κ1) is 12.8. The number of hydrogen-bond acceptors (Lipinski definition) is 1. The largest absolute Gasteiger partial charge is 0.416 e. The molecule has 0 radical (unpaired) electrons. The number of benzene rings is 1. The van der Waals surface area contributed by atoms with Crippen LogP contribution in [0.15, 0.2) is 24.4 Å². The molecule has 96 valence electrons. The van der Waals surface area contributed by atoms with Gasteiger partial charge in [0, 0.05) is 17.1 Å². The summed E-state index contributed by atoms with van der Waals surface area (Å²) >= 11 is 0. The molecule has 0 N–H and O–H groups in total. The molecule has 0 aliphatic heterocycles. The first-order chi connectivity index (χ1) is 8.32. The van der Waals surface area contributed by atoms with Gasteiger partial charge in [-0.1, -0.05) is 13.8 Å². The van der Waals surface area contributed by atoms with Gasteiger partial charge in [0.15, 0.2) is 0 Å². The van der Waals surface area contributed by atoms with Crippen LogP contribution in [-0.4, -0.2) is 4.98 Å². The summed E-state index contributed by atoms with van der Waals surface area (Å²) in [5.74, 6) is -1.38. The summed E-state index contributed by atoms with van der Waals surface area (Å²) in [7, 11) is 0. The molecular formula is C13H11F4N. The molecular weight excluding hydrogens is 246 g/mol. The molecule has 0 amide bonds. The third kappa shape index (κ3) is 2.05. The quantitative estimate of drug-likeness (QED) is 0.684. The minimum atomic E-state index is -4.58. The molecule has 0 aliphatic carbocycles. The monoisotopic (exact) mass is 257 g/mol. The van der Waals surface area contributed by atoms with Crippen molar-refractivity contribution in [3.8, 4) is 0 Å². The van der Waals surface area contributed by atoms with Gasteiger partial charge in [-0.15, -0.1) is 0 Å². The topological polar surface area (TPSA) is 12.9 Å². The van der Waals surface area contributed by atoms with Crippen molar-refractivity contribution in [2.45, 2.75) is 25.9 Å². The van der Waals surface area contributed by atoms with Gasteiger partial charge in [0.1, 0.15) is 5.82 Å². The summed E-state index contributed by atoms with van der Waals surface area (Å²) in [6.07, 6.45) is -3.23. The van der Waals surface area contributed by atoms with E-state index < -0.39 is 23.5 Å². The molecule has 1 nitrogen and oxygen atoms in total. The Morgan fingerprint density at radius 2 is 1.89 bits per heavy atom. The lowest BCUT2D eigenvalue weighted by Gasteiger charge is -2.17. The lowest BCUT2D eigenvalue weighted by Crippen LogP contribution is -2.12. The second-order valence-corrected chi connectivity index (χ2v) is 4.37. The molecule has 5 heteroatoms. The zero-order valence-electron chi connectivity index (χ0n) is 9.85. The van der Waals surface area contributed by atoms with Crippen LogP contribution in [0.4, 0.5) is 17.6 Å². The standard InChI is InChI=1S/C13H11F4N/c1-7(2)11-9(13(15,16)17)6-10-8(12(11)14)4-3-5-18-10/h3-7H,1-2H3. The highest BCUT2D eigenvalue weighted by atomic mass is 19.4. The first-order valence-electron chi connectivity index (χ1n) is 5.46. The molecule has 0 unspecified atom stereocenters. The van der Waals surface area contributed by atoms with E-state index >= 15 is 0 Å². The Kier molecular flexibility index (Phi) is 3.00. The van der Waals surface area contributed by atoms with E-state index in [1.807, 2.05) is 0 Å². The van der Waals surface area contributed by atoms with Gasteiger partial charge in [0.05, 0.1) is 11.1 Å². The first-order valence-corrected chi connectivity index (χ1v) is 5.46. The van der Waals surface area contributed by atoms with Crippen LogP contribution >= 0.6 is 0 Å². The average molecular weight is 257 g/mol. The SMILES string of the molecule is CC(C)c1c(C(F)(F)F)cc2ncccc2c1F. The summed E-state index contributed by atoms with van der Waals surface area (Å²) in [5, 5.41) is 0.120. The van der Waals surface area contributed by atoms with E-state index in [1.165, 1.54) is 32.2 Å². The van der Waals surface area contributed by atoms with Gasteiger partial charge in [-0.2, -0.15) is 13.2 Å². The normalized spacial score (nSPS) is 12.4. The third-order valence-electron chi connectivity index (χ3n) is 2.77. The van der Waals surface area contributed by atoms with Gasteiger partial charge in [-0.05, 0) is 24.1 Å². The fourth-order valence-electron chi connectivity index (χ4n) is 1.99. The zero-order valence-corrected chi connectivity index (χ0v) is 9.85. The Bertz CT molecular complexity index is 587. The van der Waals surface area contributed by atoms with E-state index in [0.717, 1.165) is 6.07 Å². The Balaban J connectivity index is 2.88. The fraction of sp³-hybridized carbons (Fsp3) is 0.308. The second kappa shape index (κ2) is 4.23. The number of pyridine rings is 1. The Labute approximate surface area is 101 Å². The zero-order chi connectivity index (χ0) is 13.5. The molecule has 2 aromatic rings. The van der Waals surface area contributed by atoms with Crippen molar-refractivity contribution in [2.75, 3.05) is 0 Å². The maximum absolute atomic E-state index is 14.2. The van der Waals surface area contributed by atoms with Crippen molar-refractivity contribution in [3.05, 3.63) is 41.3 Å². The number of halogens is 4. The van der Waals surface area contributed by atoms with Crippen molar-refractivity contribution in [3.63, 3.8) is 0 Å². The summed E-state index contributed by atoms with van der Waals surface area (Å²) in [6.45, 7) is 3.08. The Morgan fingerprint density at radius 1 is 1.22 bits per heavy atom. The predicted molar refractivity (Wildman–Crippen MR) is 60.8 cm³/mol. The van der Waals surface area contributed by atoms with Crippen LogP contribution in [0.3, 0.4) is 0 Å². The number of aromatic nitrogens is 1. The summed E-state index contributed by atoms with van der Waals surface area (Å²) < 4.78 is 52.9. The number of fused-ring (bicyclic) bond motifs is 1. The Hall–Kier alpha value is -1.65. The van der Waals surface area contributed by atoms with Gasteiger partial charge >= 0.3 is 6.18 Å². The minimum Gasteiger partial charge on any atom is -0.256 e. The van der Waals surface area contributed by atoms with Crippen LogP contribution in [-0.2, 0) is 6.18 Å². The van der Waals surface area contributed by atoms with E-state index in [9.17, 15) is 17.6 Å². The number of rotatable bonds is 1. The summed E-state index contributed by atoms with van der Waals surface area (Å²) in [6, 6.07) is 3.85. The lowest BCUT2D eigenvalue weighted by atomic mass is 9.94. The van der Waals surface area contributed by atoms with Crippen molar-refractivity contribution in [1.29, 1.82) is 0 Å². The molecule has 1 heterocycles. The van der Waals surface area contributed by atoms with E-state index in [1.54, 1.807) is 0 Å². The van der Waals surface area contributed by atoms with E-state index in [2.05, 4.69) is 4.98 Å². The van der Waals surface area contributed by atoms with E-state index in [4.69, 9.17) is 0 Å². The van der Waals surface area contributed by atoms with Crippen LogP contribution in [0.2, 0.25) is 0 Å². The highest BCUT2D eigenvalue weighted by Crippen LogP contribution is 2.39. The maximum atomic E-state index is 14.2. The maximum Gasteiger partial charge on any atom is 0.416 e. The van der Waals surface area contributed by atoms with Gasteiger partial charge in [-0.25, -0.2) is 4.39 Å². The summed E-state index contributed by atoms with van der Waals surface area (Å²) in [4.78, 5) is 3.78. The predicted octanol–water partition coefficient (Wildman–Crippen LogP) is 4.52. The van der Waals surface area contributed by atoms with Crippen LogP contribution in [0.1, 0.15) is 30.9 Å². The van der Waals surface area contributed by atoms with E-state index in [0.29, 0.717) is 0 Å². The average Bonchev–Trinajstić information content (AvgIpc) is 2.27. The smallest absolute Gasteiger partial charge is 0.256 e. The molecule has 2 rings (SSSR count). The van der Waals surface area contributed by atoms with Crippen LogP contribution in [0, 0.1) is 5.82 Å². The highest BCUT2D eigenvalue weighted by Gasteiger charge is 2.36. The van der Waals surface area contributed by atoms with E-state index in [-0.39, 0.29) is 16.5 Å². The van der Waals surface area contributed by atoms with Crippen molar-refractivity contribution >= 4 is 10.9 Å². The molecule has 0 bridgehead atoms. The third-order valence-corrected chi connectivity index (χ3v) is 2.77. The van der Waals surface area contributed by atoms with Crippen molar-refractivity contribution in [2.24, 2.45) is 0 Å². The molecule has 0 atom stereocenters. The lowest BCUT2D eigenvalue weighted by molar-refractivity contribution is -0.138. The van der Waals surface area contributed by atoms with Gasteiger partial charge < -0.3 is 0 Å². The molecule has 18 heavy (non-hydrogen) atoms. The fourth-order valence-corrected chi connectivity index (χ4v) is 1.99. The van der Waals surface area contributed by atoms with Crippen molar-refractivity contribution in [1.82, 2.24) is 4.98 Å². The minimum absolute atomic E-state index is 0.0201. The van der Waals surface area contributed by atoms with Crippen LogP contribution in [0.5, 0.6) is 0 Å². The number of alkyl halides is 3. The van der Waals surface area contributed by atoms with Crippen LogP contribution < -0.4 is 0 Å². The number of hydrogen-bond donors (Lipinski definition) is 0. The molecule has 1 aromatic carbocycles. The molecule has 0 saturated carbocycles. The molecule has 0 aliphatic rings. The summed E-state index contributed by atoms with van der Waals surface area (Å²) in [5.41, 5.74) is -1.23. The highest BCUT2D eigenvalue weighted by molar-refractivity contribution is 5.81. The second-order valence-electron chi connectivity index (χ2n) is 4.37.